The molecule has 0 spiro atoms. The van der Waals surface area contributed by atoms with E-state index in [2.05, 4.69) is 0 Å². The van der Waals surface area contributed by atoms with Crippen LogP contribution in [0.5, 0.6) is 0 Å². The van der Waals surface area contributed by atoms with Crippen LogP contribution < -0.4 is 10.5 Å². The summed E-state index contributed by atoms with van der Waals surface area (Å²) in [6.45, 7) is 4.55. The molecule has 1 saturated heterocycles. The molecule has 8 nitrogen and oxygen atoms in total. The quantitative estimate of drug-likeness (QED) is 0.587. The molecule has 20 heavy (non-hydrogen) atoms. The molecule has 1 aliphatic heterocycles. The Hall–Kier alpha value is -1.19. The van der Waals surface area contributed by atoms with Crippen LogP contribution in [0.3, 0.4) is 0 Å². The van der Waals surface area contributed by atoms with E-state index in [0.717, 1.165) is 6.42 Å². The molecule has 1 aliphatic rings. The number of carbonyl (C=O) groups is 2. The standard InChI is InChI=1S/C11H21N3O5S/c1-7-3-8(2)6-14(5-7)20(18,19)13-9(11(16)17)4-10(12)15/h7-9,13H,3-6H2,1-2H3,(H2,12,15)(H,16,17)/t7?,8?,9-/m1/s1. The van der Waals surface area contributed by atoms with Gasteiger partial charge >= 0.3 is 5.97 Å². The number of hydrogen-bond donors (Lipinski definition) is 3. The topological polar surface area (TPSA) is 130 Å². The molecule has 0 saturated carbocycles. The third-order valence-corrected chi connectivity index (χ3v) is 4.73. The molecule has 0 radical (unpaired) electrons. The number of nitrogens with zero attached hydrogens (tertiary/aromatic N) is 1. The number of carboxylic acid groups (broad SMARTS) is 1. The first kappa shape index (κ1) is 16.9. The number of aliphatic carboxylic acids is 1. The Balaban J connectivity index is 2.81. The lowest BCUT2D eigenvalue weighted by atomic mass is 9.94. The molecular weight excluding hydrogens is 286 g/mol. The minimum absolute atomic E-state index is 0.203. The van der Waals surface area contributed by atoms with Gasteiger partial charge < -0.3 is 10.8 Å². The van der Waals surface area contributed by atoms with Crippen molar-refractivity contribution >= 4 is 22.1 Å². The van der Waals surface area contributed by atoms with Gasteiger partial charge in [0, 0.05) is 13.1 Å². The van der Waals surface area contributed by atoms with Crippen molar-refractivity contribution in [2.45, 2.75) is 32.7 Å². The van der Waals surface area contributed by atoms with Crippen molar-refractivity contribution in [2.24, 2.45) is 17.6 Å². The molecule has 1 heterocycles. The van der Waals surface area contributed by atoms with Crippen molar-refractivity contribution < 1.29 is 23.1 Å². The number of nitrogens with one attached hydrogen (secondary N) is 1. The maximum atomic E-state index is 12.2. The second-order valence-corrected chi connectivity index (χ2v) is 7.15. The van der Waals surface area contributed by atoms with Crippen molar-refractivity contribution in [3.63, 3.8) is 0 Å². The summed E-state index contributed by atoms with van der Waals surface area (Å²) in [4.78, 5) is 21.8. The Kier molecular flexibility index (Phi) is 5.49. The van der Waals surface area contributed by atoms with Crippen molar-refractivity contribution in [1.82, 2.24) is 9.03 Å². The predicted octanol–water partition coefficient (Wildman–Crippen LogP) is -0.873. The number of primary amides is 1. The van der Waals surface area contributed by atoms with E-state index in [1.807, 2.05) is 18.6 Å². The maximum absolute atomic E-state index is 12.2. The van der Waals surface area contributed by atoms with E-state index < -0.39 is 34.5 Å². The lowest BCUT2D eigenvalue weighted by Gasteiger charge is -2.34. The van der Waals surface area contributed by atoms with Gasteiger partial charge in [-0.3, -0.25) is 9.59 Å². The predicted molar refractivity (Wildman–Crippen MR) is 71.8 cm³/mol. The van der Waals surface area contributed by atoms with Crippen LogP contribution in [-0.4, -0.2) is 48.8 Å². The smallest absolute Gasteiger partial charge is 0.322 e. The first-order valence-electron chi connectivity index (χ1n) is 6.40. The fourth-order valence-corrected chi connectivity index (χ4v) is 4.03. The molecule has 4 N–H and O–H groups in total. The van der Waals surface area contributed by atoms with Gasteiger partial charge in [-0.05, 0) is 18.3 Å². The van der Waals surface area contributed by atoms with Crippen molar-refractivity contribution in [2.75, 3.05) is 13.1 Å². The number of amides is 1. The van der Waals surface area contributed by atoms with Crippen molar-refractivity contribution in [1.29, 1.82) is 0 Å². The Morgan fingerprint density at radius 2 is 1.85 bits per heavy atom. The number of rotatable bonds is 6. The SMILES string of the molecule is CC1CC(C)CN(S(=O)(=O)N[C@H](CC(N)=O)C(=O)O)C1. The van der Waals surface area contributed by atoms with Crippen LogP contribution in [-0.2, 0) is 19.8 Å². The third kappa shape index (κ3) is 4.73. The molecule has 1 amide bonds. The van der Waals surface area contributed by atoms with Gasteiger partial charge in [-0.15, -0.1) is 0 Å². The van der Waals surface area contributed by atoms with Crippen LogP contribution in [0.25, 0.3) is 0 Å². The van der Waals surface area contributed by atoms with E-state index in [1.165, 1.54) is 4.31 Å². The summed E-state index contributed by atoms with van der Waals surface area (Å²) in [6, 6.07) is -1.54. The Morgan fingerprint density at radius 1 is 1.35 bits per heavy atom. The lowest BCUT2D eigenvalue weighted by Crippen LogP contribution is -2.53. The Labute approximate surface area is 118 Å². The summed E-state index contributed by atoms with van der Waals surface area (Å²) in [5.74, 6) is -1.89. The summed E-state index contributed by atoms with van der Waals surface area (Å²) < 4.78 is 27.6. The molecular formula is C11H21N3O5S. The maximum Gasteiger partial charge on any atom is 0.322 e. The molecule has 9 heteroatoms. The van der Waals surface area contributed by atoms with Gasteiger partial charge in [-0.1, -0.05) is 13.8 Å². The molecule has 0 bridgehead atoms. The van der Waals surface area contributed by atoms with Crippen LogP contribution in [0.4, 0.5) is 0 Å². The second kappa shape index (κ2) is 6.51. The van der Waals surface area contributed by atoms with Gasteiger partial charge in [-0.25, -0.2) is 0 Å². The molecule has 116 valence electrons. The van der Waals surface area contributed by atoms with E-state index in [-0.39, 0.29) is 11.8 Å². The van der Waals surface area contributed by atoms with Crippen LogP contribution in [0.1, 0.15) is 26.7 Å². The minimum atomic E-state index is -3.94. The van der Waals surface area contributed by atoms with Crippen LogP contribution in [0.2, 0.25) is 0 Å². The minimum Gasteiger partial charge on any atom is -0.480 e. The first-order chi connectivity index (χ1) is 9.11. The number of carbonyl (C=O) groups excluding carboxylic acids is 1. The summed E-state index contributed by atoms with van der Waals surface area (Å²) in [5.41, 5.74) is 4.92. The first-order valence-corrected chi connectivity index (χ1v) is 7.84. The average molecular weight is 307 g/mol. The molecule has 0 aromatic carbocycles. The third-order valence-electron chi connectivity index (χ3n) is 3.17. The highest BCUT2D eigenvalue weighted by Crippen LogP contribution is 2.22. The van der Waals surface area contributed by atoms with Gasteiger partial charge in [-0.2, -0.15) is 17.4 Å². The monoisotopic (exact) mass is 307 g/mol. The number of piperidine rings is 1. The molecule has 3 atom stereocenters. The van der Waals surface area contributed by atoms with Gasteiger partial charge in [0.2, 0.25) is 5.91 Å². The number of nitrogens with two attached hydrogens (primary N) is 1. The zero-order chi connectivity index (χ0) is 15.5. The second-order valence-electron chi connectivity index (χ2n) is 5.45. The summed E-state index contributed by atoms with van der Waals surface area (Å²) in [5, 5.41) is 8.93. The molecule has 0 aromatic heterocycles. The Morgan fingerprint density at radius 3 is 2.25 bits per heavy atom. The lowest BCUT2D eigenvalue weighted by molar-refractivity contribution is -0.140. The fraction of sp³-hybridized carbons (Fsp3) is 0.818. The van der Waals surface area contributed by atoms with Gasteiger partial charge in [0.15, 0.2) is 0 Å². The van der Waals surface area contributed by atoms with E-state index in [1.54, 1.807) is 0 Å². The summed E-state index contributed by atoms with van der Waals surface area (Å²) in [6.07, 6.45) is 0.350. The van der Waals surface area contributed by atoms with Crippen LogP contribution in [0.15, 0.2) is 0 Å². The molecule has 1 fully saturated rings. The highest BCUT2D eigenvalue weighted by Gasteiger charge is 2.34. The largest absolute Gasteiger partial charge is 0.480 e. The van der Waals surface area contributed by atoms with Crippen LogP contribution in [0, 0.1) is 11.8 Å². The summed E-state index contributed by atoms with van der Waals surface area (Å²) in [7, 11) is -3.94. The van der Waals surface area contributed by atoms with E-state index in [4.69, 9.17) is 10.8 Å². The summed E-state index contributed by atoms with van der Waals surface area (Å²) >= 11 is 0. The highest BCUT2D eigenvalue weighted by molar-refractivity contribution is 7.87. The Bertz CT molecular complexity index is 468. The van der Waals surface area contributed by atoms with Gasteiger partial charge in [0.1, 0.15) is 6.04 Å². The van der Waals surface area contributed by atoms with E-state index in [9.17, 15) is 18.0 Å². The van der Waals surface area contributed by atoms with Gasteiger partial charge in [0.25, 0.3) is 10.2 Å². The zero-order valence-corrected chi connectivity index (χ0v) is 12.4. The van der Waals surface area contributed by atoms with Crippen molar-refractivity contribution in [3.05, 3.63) is 0 Å². The van der Waals surface area contributed by atoms with E-state index in [0.29, 0.717) is 13.1 Å². The van der Waals surface area contributed by atoms with Crippen molar-refractivity contribution in [3.8, 4) is 0 Å². The molecule has 1 rings (SSSR count). The fourth-order valence-electron chi connectivity index (χ4n) is 2.44. The molecule has 2 unspecified atom stereocenters. The van der Waals surface area contributed by atoms with Crippen LogP contribution >= 0.6 is 0 Å². The molecule has 0 aliphatic carbocycles. The zero-order valence-electron chi connectivity index (χ0n) is 11.6. The number of carboxylic acids is 1. The average Bonchev–Trinajstić information content (AvgIpc) is 2.25. The van der Waals surface area contributed by atoms with E-state index >= 15 is 0 Å². The molecule has 0 aromatic rings. The normalized spacial score (nSPS) is 26.1. The highest BCUT2D eigenvalue weighted by atomic mass is 32.2. The van der Waals surface area contributed by atoms with Gasteiger partial charge in [0.05, 0.1) is 6.42 Å². The number of hydrogen-bond acceptors (Lipinski definition) is 4.